The monoisotopic (exact) mass is 238 g/mol. The predicted molar refractivity (Wildman–Crippen MR) is 69.7 cm³/mol. The molecule has 0 bridgehead atoms. The van der Waals surface area contributed by atoms with E-state index in [0.29, 0.717) is 0 Å². The Morgan fingerprint density at radius 2 is 1.88 bits per heavy atom. The molecule has 1 rings (SSSR count). The molecule has 0 saturated heterocycles. The van der Waals surface area contributed by atoms with E-state index in [-0.39, 0.29) is 0 Å². The average Bonchev–Trinajstić information content (AvgIpc) is 2.38. The molecule has 0 aromatic heterocycles. The molecule has 2 N–H and O–H groups in total. The van der Waals surface area contributed by atoms with Gasteiger partial charge in [0.25, 0.3) is 0 Å². The summed E-state index contributed by atoms with van der Waals surface area (Å²) in [7, 11) is 1.67. The zero-order valence-electron chi connectivity index (χ0n) is 10.9. The highest BCUT2D eigenvalue weighted by molar-refractivity contribution is 5.32. The van der Waals surface area contributed by atoms with Gasteiger partial charge in [0.05, 0.1) is 26.8 Å². The van der Waals surface area contributed by atoms with E-state index in [9.17, 15) is 0 Å². The Kier molecular flexibility index (Phi) is 7.23. The number of methoxy groups -OCH3 is 1. The molecule has 0 aliphatic carbocycles. The molecule has 0 heterocycles. The molecule has 17 heavy (non-hydrogen) atoms. The van der Waals surface area contributed by atoms with Crippen molar-refractivity contribution >= 4 is 0 Å². The van der Waals surface area contributed by atoms with Crippen molar-refractivity contribution in [3.05, 3.63) is 24.3 Å². The van der Waals surface area contributed by atoms with E-state index in [2.05, 4.69) is 12.2 Å². The smallest absolute Gasteiger partial charge is 0.122 e. The molecule has 0 radical (unpaired) electrons. The van der Waals surface area contributed by atoms with Crippen LogP contribution in [-0.4, -0.2) is 26.8 Å². The quantitative estimate of drug-likeness (QED) is 0.666. The van der Waals surface area contributed by atoms with Crippen molar-refractivity contribution in [3.63, 3.8) is 0 Å². The van der Waals surface area contributed by atoms with Crippen LogP contribution >= 0.6 is 0 Å². The number of ether oxygens (including phenoxy) is 2. The topological polar surface area (TPSA) is 35.1 Å². The highest BCUT2D eigenvalue weighted by Gasteiger charge is 1.97. The Balaban J connectivity index is 2.09. The van der Waals surface area contributed by atoms with Crippen LogP contribution in [0.25, 0.3) is 0 Å². The molecule has 1 aromatic rings. The molecule has 0 atom stereocenters. The molecular weight excluding hydrogens is 214 g/mol. The van der Waals surface area contributed by atoms with E-state index in [0.717, 1.165) is 31.1 Å². The number of rotatable bonds is 9. The lowest BCUT2D eigenvalue weighted by Crippen LogP contribution is -2.84. The Morgan fingerprint density at radius 3 is 2.65 bits per heavy atom. The number of nitrogens with two attached hydrogens (primary N) is 1. The molecule has 0 spiro atoms. The van der Waals surface area contributed by atoms with Crippen LogP contribution in [0.2, 0.25) is 0 Å². The van der Waals surface area contributed by atoms with Crippen molar-refractivity contribution in [1.82, 2.24) is 0 Å². The minimum absolute atomic E-state index is 0.774. The lowest BCUT2D eigenvalue weighted by Gasteiger charge is -2.07. The van der Waals surface area contributed by atoms with Gasteiger partial charge in [-0.05, 0) is 18.6 Å². The van der Waals surface area contributed by atoms with Crippen molar-refractivity contribution in [2.75, 3.05) is 26.8 Å². The van der Waals surface area contributed by atoms with Gasteiger partial charge in [-0.15, -0.1) is 0 Å². The van der Waals surface area contributed by atoms with Crippen molar-refractivity contribution in [3.8, 4) is 11.5 Å². The van der Waals surface area contributed by atoms with Crippen LogP contribution in [-0.2, 0) is 0 Å². The van der Waals surface area contributed by atoms with Crippen LogP contribution in [0, 0.1) is 0 Å². The molecule has 96 valence electrons. The number of hydrogen-bond acceptors (Lipinski definition) is 2. The van der Waals surface area contributed by atoms with Gasteiger partial charge in [0, 0.05) is 12.5 Å². The van der Waals surface area contributed by atoms with Crippen LogP contribution in [0.15, 0.2) is 24.3 Å². The Hall–Kier alpha value is -1.22. The predicted octanol–water partition coefficient (Wildman–Crippen LogP) is 1.83. The molecule has 0 amide bonds. The Morgan fingerprint density at radius 1 is 1.12 bits per heavy atom. The second kappa shape index (κ2) is 8.88. The third kappa shape index (κ3) is 6.17. The van der Waals surface area contributed by atoms with Gasteiger partial charge in [-0.3, -0.25) is 0 Å². The van der Waals surface area contributed by atoms with E-state index in [1.807, 2.05) is 24.3 Å². The summed E-state index contributed by atoms with van der Waals surface area (Å²) >= 11 is 0. The highest BCUT2D eigenvalue weighted by Crippen LogP contribution is 2.18. The van der Waals surface area contributed by atoms with Crippen LogP contribution in [0.5, 0.6) is 11.5 Å². The summed E-state index contributed by atoms with van der Waals surface area (Å²) in [5.74, 6) is 1.73. The Labute approximate surface area is 104 Å². The lowest BCUT2D eigenvalue weighted by molar-refractivity contribution is -0.655. The van der Waals surface area contributed by atoms with Crippen molar-refractivity contribution in [1.29, 1.82) is 0 Å². The van der Waals surface area contributed by atoms with Crippen molar-refractivity contribution in [2.45, 2.75) is 26.2 Å². The number of quaternary nitrogens is 1. The average molecular weight is 238 g/mol. The second-order valence-electron chi connectivity index (χ2n) is 4.10. The van der Waals surface area contributed by atoms with E-state index >= 15 is 0 Å². The minimum atomic E-state index is 0.774. The first-order valence-corrected chi connectivity index (χ1v) is 6.45. The summed E-state index contributed by atoms with van der Waals surface area (Å²) in [5, 5.41) is 2.36. The molecule has 1 aromatic carbocycles. The molecule has 3 heteroatoms. The third-order valence-electron chi connectivity index (χ3n) is 2.62. The molecule has 0 saturated carbocycles. The van der Waals surface area contributed by atoms with Crippen LogP contribution in [0.1, 0.15) is 26.2 Å². The van der Waals surface area contributed by atoms with E-state index < -0.39 is 0 Å². The van der Waals surface area contributed by atoms with Crippen LogP contribution in [0.3, 0.4) is 0 Å². The number of unbranched alkanes of at least 4 members (excludes halogenated alkanes) is 1. The van der Waals surface area contributed by atoms with Crippen molar-refractivity contribution in [2.24, 2.45) is 0 Å². The molecule has 0 aliphatic heterocycles. The van der Waals surface area contributed by atoms with Gasteiger partial charge < -0.3 is 14.8 Å². The summed E-state index contributed by atoms with van der Waals surface area (Å²) < 4.78 is 10.8. The first kappa shape index (κ1) is 13.8. The zero-order chi connectivity index (χ0) is 12.3. The van der Waals surface area contributed by atoms with Gasteiger partial charge >= 0.3 is 0 Å². The highest BCUT2D eigenvalue weighted by atomic mass is 16.5. The second-order valence-corrected chi connectivity index (χ2v) is 4.10. The standard InChI is InChI=1S/C14H23NO2/c1-3-4-9-15-10-6-11-17-14-8-5-7-13(12-14)16-2/h5,7-8,12,15H,3-4,6,9-11H2,1-2H3/p+1. The first-order chi connectivity index (χ1) is 8.36. The molecular formula is C14H24NO2+. The van der Waals surface area contributed by atoms with E-state index in [1.54, 1.807) is 7.11 Å². The number of hydrogen-bond donors (Lipinski definition) is 1. The third-order valence-corrected chi connectivity index (χ3v) is 2.62. The van der Waals surface area contributed by atoms with Gasteiger partial charge in [-0.2, -0.15) is 0 Å². The maximum Gasteiger partial charge on any atom is 0.122 e. The number of benzene rings is 1. The largest absolute Gasteiger partial charge is 0.497 e. The molecule has 3 nitrogen and oxygen atoms in total. The summed E-state index contributed by atoms with van der Waals surface area (Å²) in [6.45, 7) is 5.37. The first-order valence-electron chi connectivity index (χ1n) is 6.45. The van der Waals surface area contributed by atoms with Gasteiger partial charge in [-0.25, -0.2) is 0 Å². The SMILES string of the molecule is CCCC[NH2+]CCCOc1cccc(OC)c1. The van der Waals surface area contributed by atoms with Crippen molar-refractivity contribution < 1.29 is 14.8 Å². The zero-order valence-corrected chi connectivity index (χ0v) is 10.9. The fourth-order valence-electron chi connectivity index (χ4n) is 1.60. The van der Waals surface area contributed by atoms with Gasteiger partial charge in [0.2, 0.25) is 0 Å². The molecule has 0 unspecified atom stereocenters. The van der Waals surface area contributed by atoms with Crippen LogP contribution in [0.4, 0.5) is 0 Å². The Bertz CT molecular complexity index is 302. The molecule has 0 aliphatic rings. The molecule has 0 fully saturated rings. The summed E-state index contributed by atoms with van der Waals surface area (Å²) in [4.78, 5) is 0. The van der Waals surface area contributed by atoms with E-state index in [1.165, 1.54) is 19.4 Å². The normalized spacial score (nSPS) is 10.2. The van der Waals surface area contributed by atoms with E-state index in [4.69, 9.17) is 9.47 Å². The maximum absolute atomic E-state index is 5.66. The van der Waals surface area contributed by atoms with Gasteiger partial charge in [0.1, 0.15) is 11.5 Å². The fraction of sp³-hybridized carbons (Fsp3) is 0.571. The van der Waals surface area contributed by atoms with Crippen LogP contribution < -0.4 is 14.8 Å². The summed E-state index contributed by atoms with van der Waals surface area (Å²) in [6.07, 6.45) is 3.66. The van der Waals surface area contributed by atoms with Gasteiger partial charge in [0.15, 0.2) is 0 Å². The lowest BCUT2D eigenvalue weighted by atomic mass is 10.3. The van der Waals surface area contributed by atoms with Gasteiger partial charge in [-0.1, -0.05) is 19.4 Å². The summed E-state index contributed by atoms with van der Waals surface area (Å²) in [6, 6.07) is 7.75. The maximum atomic E-state index is 5.66. The fourth-order valence-corrected chi connectivity index (χ4v) is 1.60. The summed E-state index contributed by atoms with van der Waals surface area (Å²) in [5.41, 5.74) is 0. The minimum Gasteiger partial charge on any atom is -0.497 e.